The van der Waals surface area contributed by atoms with E-state index in [1.165, 1.54) is 0 Å². The predicted molar refractivity (Wildman–Crippen MR) is 78.6 cm³/mol. The van der Waals surface area contributed by atoms with Gasteiger partial charge in [0.05, 0.1) is 6.61 Å². The highest BCUT2D eigenvalue weighted by Gasteiger charge is 2.14. The maximum atomic E-state index is 6.17. The zero-order valence-corrected chi connectivity index (χ0v) is 12.2. The molecule has 1 aromatic heterocycles. The first-order valence-corrected chi connectivity index (χ1v) is 7.02. The molecule has 104 valence electrons. The number of nitrogens with one attached hydrogen (secondary N) is 1. The van der Waals surface area contributed by atoms with Crippen LogP contribution in [-0.2, 0) is 11.3 Å². The molecule has 19 heavy (non-hydrogen) atoms. The average Bonchev–Trinajstić information content (AvgIpc) is 2.72. The Kier molecular flexibility index (Phi) is 5.25. The van der Waals surface area contributed by atoms with Crippen molar-refractivity contribution in [3.63, 3.8) is 0 Å². The summed E-state index contributed by atoms with van der Waals surface area (Å²) >= 11 is 6.17. The van der Waals surface area contributed by atoms with Crippen molar-refractivity contribution in [2.45, 2.75) is 32.4 Å². The molecule has 1 atom stereocenters. The first kappa shape index (κ1) is 14.4. The second kappa shape index (κ2) is 6.94. The third kappa shape index (κ3) is 3.50. The molecule has 0 aliphatic carbocycles. The van der Waals surface area contributed by atoms with Crippen molar-refractivity contribution in [3.8, 4) is 0 Å². The Morgan fingerprint density at radius 3 is 2.89 bits per heavy atom. The largest absolute Gasteiger partial charge is 0.444 e. The molecule has 1 unspecified atom stereocenters. The Hall–Kier alpha value is -1.03. The van der Waals surface area contributed by atoms with Crippen molar-refractivity contribution in [2.75, 3.05) is 13.7 Å². The first-order chi connectivity index (χ1) is 9.26. The Labute approximate surface area is 118 Å². The molecule has 0 bridgehead atoms. The highest BCUT2D eigenvalue weighted by Crippen LogP contribution is 2.29. The smallest absolute Gasteiger partial charge is 0.199 e. The second-order valence-electron chi connectivity index (χ2n) is 4.67. The highest BCUT2D eigenvalue weighted by atomic mass is 35.5. The number of hydrogen-bond donors (Lipinski definition) is 1. The highest BCUT2D eigenvalue weighted by molar-refractivity contribution is 6.30. The van der Waals surface area contributed by atoms with Crippen LogP contribution in [0.2, 0.25) is 5.22 Å². The molecule has 4 heteroatoms. The number of halogens is 1. The van der Waals surface area contributed by atoms with E-state index in [1.54, 1.807) is 7.11 Å². The molecule has 1 heterocycles. The first-order valence-electron chi connectivity index (χ1n) is 6.64. The van der Waals surface area contributed by atoms with Gasteiger partial charge >= 0.3 is 0 Å². The van der Waals surface area contributed by atoms with Crippen LogP contribution in [0.15, 0.2) is 28.7 Å². The molecule has 0 saturated carbocycles. The fourth-order valence-electron chi connectivity index (χ4n) is 2.27. The molecule has 1 aromatic carbocycles. The summed E-state index contributed by atoms with van der Waals surface area (Å²) in [5.41, 5.74) is 1.86. The van der Waals surface area contributed by atoms with Gasteiger partial charge in [0.2, 0.25) is 0 Å². The fourth-order valence-corrected chi connectivity index (χ4v) is 2.53. The van der Waals surface area contributed by atoms with Crippen molar-refractivity contribution >= 4 is 22.6 Å². The maximum Gasteiger partial charge on any atom is 0.199 e. The molecule has 0 saturated heterocycles. The zero-order valence-electron chi connectivity index (χ0n) is 11.4. The van der Waals surface area contributed by atoms with Gasteiger partial charge in [-0.25, -0.2) is 0 Å². The number of benzene rings is 1. The minimum Gasteiger partial charge on any atom is -0.444 e. The molecule has 0 aliphatic heterocycles. The molecule has 3 nitrogen and oxygen atoms in total. The minimum absolute atomic E-state index is 0.347. The van der Waals surface area contributed by atoms with Gasteiger partial charge in [-0.2, -0.15) is 0 Å². The minimum atomic E-state index is 0.347. The van der Waals surface area contributed by atoms with E-state index < -0.39 is 0 Å². The molecular formula is C15H20ClNO2. The average molecular weight is 282 g/mol. The van der Waals surface area contributed by atoms with Crippen molar-refractivity contribution in [1.82, 2.24) is 5.32 Å². The van der Waals surface area contributed by atoms with E-state index in [0.29, 0.717) is 24.4 Å². The standard InChI is InChI=1S/C15H20ClNO2/c1-3-6-11(10-18-2)17-9-13-12-7-4-5-8-14(12)19-15(13)16/h4-5,7-8,11,17H,3,6,9-10H2,1-2H3. The van der Waals surface area contributed by atoms with E-state index in [1.807, 2.05) is 24.3 Å². The lowest BCUT2D eigenvalue weighted by Crippen LogP contribution is -2.32. The molecule has 0 aliphatic rings. The number of fused-ring (bicyclic) bond motifs is 1. The summed E-state index contributed by atoms with van der Waals surface area (Å²) in [4.78, 5) is 0. The SMILES string of the molecule is CCCC(COC)NCc1c(Cl)oc2ccccc12. The molecule has 1 N–H and O–H groups in total. The Balaban J connectivity index is 2.10. The van der Waals surface area contributed by atoms with Crippen LogP contribution in [0.5, 0.6) is 0 Å². The van der Waals surface area contributed by atoms with Crippen LogP contribution in [0.1, 0.15) is 25.3 Å². The number of rotatable bonds is 7. The van der Waals surface area contributed by atoms with Crippen LogP contribution in [0.4, 0.5) is 0 Å². The summed E-state index contributed by atoms with van der Waals surface area (Å²) in [6, 6.07) is 8.26. The molecule has 2 rings (SSSR count). The third-order valence-electron chi connectivity index (χ3n) is 3.22. The van der Waals surface area contributed by atoms with Gasteiger partial charge in [-0.15, -0.1) is 0 Å². The third-order valence-corrected chi connectivity index (χ3v) is 3.53. The van der Waals surface area contributed by atoms with Crippen molar-refractivity contribution < 1.29 is 9.15 Å². The molecule has 0 radical (unpaired) electrons. The van der Waals surface area contributed by atoms with Gasteiger partial charge in [0.15, 0.2) is 5.22 Å². The molecule has 0 amide bonds. The van der Waals surface area contributed by atoms with Crippen LogP contribution >= 0.6 is 11.6 Å². The van der Waals surface area contributed by atoms with E-state index >= 15 is 0 Å². The summed E-state index contributed by atoms with van der Waals surface area (Å²) in [6.07, 6.45) is 2.21. The summed E-state index contributed by atoms with van der Waals surface area (Å²) in [6.45, 7) is 3.58. The van der Waals surface area contributed by atoms with Crippen LogP contribution in [0.25, 0.3) is 11.0 Å². The number of ether oxygens (including phenoxy) is 1. The maximum absolute atomic E-state index is 6.17. The molecule has 0 fully saturated rings. The van der Waals surface area contributed by atoms with Gasteiger partial charge < -0.3 is 14.5 Å². The normalized spacial score (nSPS) is 13.0. The molecular weight excluding hydrogens is 262 g/mol. The summed E-state index contributed by atoms with van der Waals surface area (Å²) < 4.78 is 10.8. The van der Waals surface area contributed by atoms with Crippen LogP contribution in [0, 0.1) is 0 Å². The number of para-hydroxylation sites is 1. The fraction of sp³-hybridized carbons (Fsp3) is 0.467. The van der Waals surface area contributed by atoms with Crippen LogP contribution in [0.3, 0.4) is 0 Å². The van der Waals surface area contributed by atoms with Gasteiger partial charge in [-0.3, -0.25) is 0 Å². The van der Waals surface area contributed by atoms with E-state index in [4.69, 9.17) is 20.8 Å². The lowest BCUT2D eigenvalue weighted by Gasteiger charge is -2.16. The summed E-state index contributed by atoms with van der Waals surface area (Å²) in [5.74, 6) is 0. The van der Waals surface area contributed by atoms with Gasteiger partial charge in [0, 0.05) is 30.6 Å². The predicted octanol–water partition coefficient (Wildman–Crippen LogP) is 3.99. The summed E-state index contributed by atoms with van der Waals surface area (Å²) in [7, 11) is 1.73. The Morgan fingerprint density at radius 2 is 2.16 bits per heavy atom. The van der Waals surface area contributed by atoms with E-state index in [9.17, 15) is 0 Å². The van der Waals surface area contributed by atoms with E-state index in [2.05, 4.69) is 12.2 Å². The van der Waals surface area contributed by atoms with Crippen LogP contribution in [-0.4, -0.2) is 19.8 Å². The zero-order chi connectivity index (χ0) is 13.7. The molecule has 2 aromatic rings. The second-order valence-corrected chi connectivity index (χ2v) is 5.02. The van der Waals surface area contributed by atoms with Crippen molar-refractivity contribution in [3.05, 3.63) is 35.0 Å². The van der Waals surface area contributed by atoms with Gasteiger partial charge in [-0.1, -0.05) is 31.5 Å². The Bertz CT molecular complexity index is 518. The number of methoxy groups -OCH3 is 1. The van der Waals surface area contributed by atoms with Crippen molar-refractivity contribution in [2.24, 2.45) is 0 Å². The van der Waals surface area contributed by atoms with Gasteiger partial charge in [-0.05, 0) is 24.1 Å². The quantitative estimate of drug-likeness (QED) is 0.833. The lowest BCUT2D eigenvalue weighted by atomic mass is 10.1. The van der Waals surface area contributed by atoms with E-state index in [0.717, 1.165) is 29.4 Å². The molecule has 0 spiro atoms. The van der Waals surface area contributed by atoms with Gasteiger partial charge in [0.1, 0.15) is 5.58 Å². The van der Waals surface area contributed by atoms with Crippen molar-refractivity contribution in [1.29, 1.82) is 0 Å². The topological polar surface area (TPSA) is 34.4 Å². The van der Waals surface area contributed by atoms with Crippen LogP contribution < -0.4 is 5.32 Å². The monoisotopic (exact) mass is 281 g/mol. The number of furan rings is 1. The van der Waals surface area contributed by atoms with Gasteiger partial charge in [0.25, 0.3) is 0 Å². The Morgan fingerprint density at radius 1 is 1.37 bits per heavy atom. The number of hydrogen-bond acceptors (Lipinski definition) is 3. The lowest BCUT2D eigenvalue weighted by molar-refractivity contribution is 0.161. The summed E-state index contributed by atoms with van der Waals surface area (Å²) in [5, 5.41) is 5.04. The van der Waals surface area contributed by atoms with E-state index in [-0.39, 0.29) is 0 Å².